The van der Waals surface area contributed by atoms with E-state index in [0.717, 1.165) is 4.90 Å². The van der Waals surface area contributed by atoms with E-state index in [1.54, 1.807) is 12.1 Å². The topological polar surface area (TPSA) is 49.3 Å². The number of carbonyl (C=O) groups excluding carboxylic acids is 1. The third-order valence-corrected chi connectivity index (χ3v) is 4.16. The molecular weight excluding hydrogens is 301 g/mol. The van der Waals surface area contributed by atoms with Crippen molar-refractivity contribution in [3.05, 3.63) is 65.5 Å². The van der Waals surface area contributed by atoms with Crippen LogP contribution in [-0.2, 0) is 4.79 Å². The highest BCUT2D eigenvalue weighted by Crippen LogP contribution is 2.18. The fourth-order valence-corrected chi connectivity index (χ4v) is 2.63. The zero-order valence-electron chi connectivity index (χ0n) is 12.3. The second-order valence-electron chi connectivity index (χ2n) is 4.94. The number of carbonyl (C=O) groups is 1. The van der Waals surface area contributed by atoms with Gasteiger partial charge in [0.15, 0.2) is 0 Å². The van der Waals surface area contributed by atoms with Crippen LogP contribution in [0.1, 0.15) is 17.2 Å². The van der Waals surface area contributed by atoms with Gasteiger partial charge in [0.25, 0.3) is 0 Å². The number of thioether (sulfide) groups is 1. The van der Waals surface area contributed by atoms with Gasteiger partial charge in [-0.15, -0.1) is 11.8 Å². The molecule has 2 aromatic rings. The number of hydrogen-bond donors (Lipinski definition) is 2. The summed E-state index contributed by atoms with van der Waals surface area (Å²) in [6.07, 6.45) is -1.05. The van der Waals surface area contributed by atoms with Crippen LogP contribution in [0.2, 0.25) is 0 Å². The average molecular weight is 319 g/mol. The van der Waals surface area contributed by atoms with E-state index in [0.29, 0.717) is 0 Å². The van der Waals surface area contributed by atoms with Crippen molar-refractivity contribution in [2.45, 2.75) is 17.9 Å². The van der Waals surface area contributed by atoms with Crippen LogP contribution in [0.15, 0.2) is 53.4 Å². The summed E-state index contributed by atoms with van der Waals surface area (Å²) >= 11 is 1.42. The normalized spacial score (nSPS) is 12.0. The summed E-state index contributed by atoms with van der Waals surface area (Å²) in [5.41, 5.74) is 1.36. The van der Waals surface area contributed by atoms with Gasteiger partial charge < -0.3 is 10.4 Å². The van der Waals surface area contributed by atoms with Crippen LogP contribution >= 0.6 is 11.8 Å². The van der Waals surface area contributed by atoms with Crippen molar-refractivity contribution in [2.75, 3.05) is 12.3 Å². The molecule has 1 amide bonds. The van der Waals surface area contributed by atoms with E-state index in [1.807, 2.05) is 31.2 Å². The minimum Gasteiger partial charge on any atom is -0.386 e. The molecule has 0 aromatic heterocycles. The molecule has 3 nitrogen and oxygen atoms in total. The summed E-state index contributed by atoms with van der Waals surface area (Å²) in [7, 11) is 0. The lowest BCUT2D eigenvalue weighted by Gasteiger charge is -2.13. The molecule has 5 heteroatoms. The van der Waals surface area contributed by atoms with E-state index in [2.05, 4.69) is 5.32 Å². The maximum absolute atomic E-state index is 13.5. The lowest BCUT2D eigenvalue weighted by Crippen LogP contribution is -2.30. The highest BCUT2D eigenvalue weighted by atomic mass is 32.2. The van der Waals surface area contributed by atoms with Gasteiger partial charge in [0, 0.05) is 17.0 Å². The number of aryl methyl sites for hydroxylation is 1. The van der Waals surface area contributed by atoms with E-state index in [9.17, 15) is 14.3 Å². The summed E-state index contributed by atoms with van der Waals surface area (Å²) in [6, 6.07) is 13.9. The van der Waals surface area contributed by atoms with Crippen molar-refractivity contribution >= 4 is 17.7 Å². The molecule has 0 saturated heterocycles. The molecule has 1 unspecified atom stereocenters. The Labute approximate surface area is 133 Å². The molecule has 0 heterocycles. The van der Waals surface area contributed by atoms with Crippen LogP contribution in [0.4, 0.5) is 4.39 Å². The number of rotatable bonds is 6. The number of nitrogens with one attached hydrogen (secondary N) is 1. The third-order valence-electron chi connectivity index (χ3n) is 3.15. The monoisotopic (exact) mass is 319 g/mol. The van der Waals surface area contributed by atoms with Crippen LogP contribution < -0.4 is 5.32 Å². The second kappa shape index (κ2) is 7.96. The molecule has 22 heavy (non-hydrogen) atoms. The summed E-state index contributed by atoms with van der Waals surface area (Å²) < 4.78 is 13.5. The smallest absolute Gasteiger partial charge is 0.230 e. The average Bonchev–Trinajstić information content (AvgIpc) is 2.52. The van der Waals surface area contributed by atoms with Gasteiger partial charge in [0.2, 0.25) is 5.91 Å². The Morgan fingerprint density at radius 3 is 2.59 bits per heavy atom. The van der Waals surface area contributed by atoms with E-state index >= 15 is 0 Å². The Kier molecular flexibility index (Phi) is 5.98. The van der Waals surface area contributed by atoms with Gasteiger partial charge >= 0.3 is 0 Å². The van der Waals surface area contributed by atoms with E-state index < -0.39 is 11.9 Å². The van der Waals surface area contributed by atoms with Crippen LogP contribution in [-0.4, -0.2) is 23.3 Å². The first-order valence-electron chi connectivity index (χ1n) is 6.95. The molecule has 0 aliphatic carbocycles. The molecule has 0 radical (unpaired) electrons. The van der Waals surface area contributed by atoms with E-state index in [4.69, 9.17) is 0 Å². The molecule has 1 atom stereocenters. The van der Waals surface area contributed by atoms with Gasteiger partial charge in [-0.3, -0.25) is 4.79 Å². The number of amides is 1. The van der Waals surface area contributed by atoms with Crippen molar-refractivity contribution in [2.24, 2.45) is 0 Å². The van der Waals surface area contributed by atoms with Crippen molar-refractivity contribution in [3.8, 4) is 0 Å². The van der Waals surface area contributed by atoms with Gasteiger partial charge in [0.1, 0.15) is 5.82 Å². The minimum absolute atomic E-state index is 0.00573. The van der Waals surface area contributed by atoms with Crippen molar-refractivity contribution in [1.82, 2.24) is 5.32 Å². The predicted octanol–water partition coefficient (Wildman–Crippen LogP) is 3.08. The van der Waals surface area contributed by atoms with Gasteiger partial charge in [-0.2, -0.15) is 0 Å². The van der Waals surface area contributed by atoms with Crippen molar-refractivity contribution < 1.29 is 14.3 Å². The first-order valence-corrected chi connectivity index (χ1v) is 7.93. The lowest BCUT2D eigenvalue weighted by atomic mass is 10.1. The Bertz CT molecular complexity index is 631. The maximum atomic E-state index is 13.5. The van der Waals surface area contributed by atoms with E-state index in [-0.39, 0.29) is 23.8 Å². The lowest BCUT2D eigenvalue weighted by molar-refractivity contribution is -0.119. The Morgan fingerprint density at radius 1 is 1.23 bits per heavy atom. The van der Waals surface area contributed by atoms with E-state index in [1.165, 1.54) is 29.5 Å². The van der Waals surface area contributed by atoms with Crippen molar-refractivity contribution in [1.29, 1.82) is 0 Å². The van der Waals surface area contributed by atoms with Crippen LogP contribution in [0.5, 0.6) is 0 Å². The molecule has 2 rings (SSSR count). The number of benzene rings is 2. The van der Waals surface area contributed by atoms with Gasteiger partial charge in [-0.25, -0.2) is 4.39 Å². The van der Waals surface area contributed by atoms with Crippen LogP contribution in [0.25, 0.3) is 0 Å². The fourth-order valence-electron chi connectivity index (χ4n) is 1.90. The first-order chi connectivity index (χ1) is 10.6. The molecule has 2 aromatic carbocycles. The Hall–Kier alpha value is -1.85. The van der Waals surface area contributed by atoms with Gasteiger partial charge in [-0.1, -0.05) is 35.9 Å². The van der Waals surface area contributed by atoms with Gasteiger partial charge in [0.05, 0.1) is 11.9 Å². The zero-order valence-corrected chi connectivity index (χ0v) is 13.1. The number of hydrogen-bond acceptors (Lipinski definition) is 3. The predicted molar refractivity (Wildman–Crippen MR) is 86.3 cm³/mol. The third kappa shape index (κ3) is 4.86. The highest BCUT2D eigenvalue weighted by Gasteiger charge is 2.13. The summed E-state index contributed by atoms with van der Waals surface area (Å²) in [5, 5.41) is 12.5. The molecule has 116 valence electrons. The number of halogens is 1. The zero-order chi connectivity index (χ0) is 15.9. The van der Waals surface area contributed by atoms with Crippen molar-refractivity contribution in [3.63, 3.8) is 0 Å². The number of aliphatic hydroxyl groups is 1. The summed E-state index contributed by atoms with van der Waals surface area (Å²) in [4.78, 5) is 12.8. The molecule has 0 fully saturated rings. The minimum atomic E-state index is -1.05. The molecule has 0 saturated carbocycles. The molecule has 0 aliphatic rings. The highest BCUT2D eigenvalue weighted by molar-refractivity contribution is 8.00. The Morgan fingerprint density at radius 2 is 1.91 bits per heavy atom. The standard InChI is InChI=1S/C17H18FNO2S/c1-12-6-8-13(9-7-12)22-11-17(21)19-10-16(20)14-4-2-3-5-15(14)18/h2-9,16,20H,10-11H2,1H3,(H,19,21). The number of aliphatic hydroxyl groups excluding tert-OH is 1. The molecule has 0 spiro atoms. The van der Waals surface area contributed by atoms with Gasteiger partial charge in [-0.05, 0) is 25.1 Å². The quantitative estimate of drug-likeness (QED) is 0.805. The molecule has 2 N–H and O–H groups in total. The first kappa shape index (κ1) is 16.5. The molecular formula is C17H18FNO2S. The SMILES string of the molecule is Cc1ccc(SCC(=O)NCC(O)c2ccccc2F)cc1. The maximum Gasteiger partial charge on any atom is 0.230 e. The largest absolute Gasteiger partial charge is 0.386 e. The van der Waals surface area contributed by atoms with Crippen LogP contribution in [0, 0.1) is 12.7 Å². The fraction of sp³-hybridized carbons (Fsp3) is 0.235. The van der Waals surface area contributed by atoms with Crippen LogP contribution in [0.3, 0.4) is 0 Å². The second-order valence-corrected chi connectivity index (χ2v) is 5.99. The Balaban J connectivity index is 1.78. The summed E-state index contributed by atoms with van der Waals surface area (Å²) in [6.45, 7) is 2.00. The molecule has 0 bridgehead atoms. The summed E-state index contributed by atoms with van der Waals surface area (Å²) in [5.74, 6) is -0.410. The molecule has 0 aliphatic heterocycles.